The van der Waals surface area contributed by atoms with Gasteiger partial charge in [0.1, 0.15) is 11.1 Å². The first-order valence-electron chi connectivity index (χ1n) is 7.29. The molecule has 3 rings (SSSR count). The number of aromatic nitrogens is 1. The van der Waals surface area contributed by atoms with Gasteiger partial charge < -0.3 is 5.32 Å². The third-order valence-electron chi connectivity index (χ3n) is 3.22. The molecule has 0 aliphatic rings. The Kier molecular flexibility index (Phi) is 5.87. The van der Waals surface area contributed by atoms with Gasteiger partial charge in [-0.15, -0.1) is 11.3 Å². The van der Waals surface area contributed by atoms with E-state index in [1.165, 1.54) is 11.8 Å². The largest absolute Gasteiger partial charge is 0.325 e. The molecule has 3 aromatic rings. The maximum Gasteiger partial charge on any atom is 0.234 e. The SMILES string of the molecule is N#Cc1ccc(-c2cccs2)nc1SCC(=O)Nc1ccc(Br)cc1. The van der Waals surface area contributed by atoms with Crippen molar-refractivity contribution in [2.45, 2.75) is 5.03 Å². The van der Waals surface area contributed by atoms with Crippen LogP contribution in [0.5, 0.6) is 0 Å². The molecule has 124 valence electrons. The number of thioether (sulfide) groups is 1. The number of anilines is 1. The standard InChI is InChI=1S/C18H12BrN3OS2/c19-13-4-6-14(7-5-13)21-17(23)11-25-18-12(10-20)3-8-15(22-18)16-2-1-9-24-16/h1-9H,11H2,(H,21,23). The summed E-state index contributed by atoms with van der Waals surface area (Å²) in [5.41, 5.74) is 2.01. The van der Waals surface area contributed by atoms with Crippen LogP contribution in [-0.4, -0.2) is 16.6 Å². The average Bonchev–Trinajstić information content (AvgIpc) is 3.16. The van der Waals surface area contributed by atoms with Gasteiger partial charge in [-0.25, -0.2) is 4.98 Å². The van der Waals surface area contributed by atoms with E-state index in [0.717, 1.165) is 20.7 Å². The van der Waals surface area contributed by atoms with Gasteiger partial charge >= 0.3 is 0 Å². The first kappa shape index (κ1) is 17.7. The molecule has 0 unspecified atom stereocenters. The van der Waals surface area contributed by atoms with Crippen molar-refractivity contribution in [3.8, 4) is 16.6 Å². The summed E-state index contributed by atoms with van der Waals surface area (Å²) < 4.78 is 0.952. The summed E-state index contributed by atoms with van der Waals surface area (Å²) in [6, 6.07) is 17.0. The molecule has 2 heterocycles. The number of carbonyl (C=O) groups excluding carboxylic acids is 1. The molecule has 4 nitrogen and oxygen atoms in total. The first-order chi connectivity index (χ1) is 12.2. The van der Waals surface area contributed by atoms with E-state index >= 15 is 0 Å². The molecule has 25 heavy (non-hydrogen) atoms. The zero-order valence-corrected chi connectivity index (χ0v) is 16.1. The molecule has 0 fully saturated rings. The lowest BCUT2D eigenvalue weighted by atomic mass is 10.2. The van der Waals surface area contributed by atoms with Crippen molar-refractivity contribution in [2.24, 2.45) is 0 Å². The van der Waals surface area contributed by atoms with E-state index in [1.807, 2.05) is 47.8 Å². The molecular formula is C18H12BrN3OS2. The van der Waals surface area contributed by atoms with E-state index in [0.29, 0.717) is 10.6 Å². The van der Waals surface area contributed by atoms with Crippen LogP contribution in [-0.2, 0) is 4.79 Å². The van der Waals surface area contributed by atoms with E-state index in [4.69, 9.17) is 0 Å². The average molecular weight is 430 g/mol. The number of hydrogen-bond acceptors (Lipinski definition) is 5. The van der Waals surface area contributed by atoms with E-state index in [-0.39, 0.29) is 11.7 Å². The number of nitrogens with one attached hydrogen (secondary N) is 1. The van der Waals surface area contributed by atoms with Crippen molar-refractivity contribution in [2.75, 3.05) is 11.1 Å². The molecular weight excluding hydrogens is 418 g/mol. The summed E-state index contributed by atoms with van der Waals surface area (Å²) in [4.78, 5) is 17.7. The molecule has 0 saturated heterocycles. The number of rotatable bonds is 5. The number of halogens is 1. The van der Waals surface area contributed by atoms with Crippen molar-refractivity contribution in [1.82, 2.24) is 4.98 Å². The maximum atomic E-state index is 12.1. The topological polar surface area (TPSA) is 65.8 Å². The van der Waals surface area contributed by atoms with Crippen molar-refractivity contribution >= 4 is 50.6 Å². The minimum Gasteiger partial charge on any atom is -0.325 e. The van der Waals surface area contributed by atoms with Crippen LogP contribution < -0.4 is 5.32 Å². The molecule has 1 amide bonds. The Labute approximate surface area is 162 Å². The third kappa shape index (κ3) is 4.69. The molecule has 0 saturated carbocycles. The Hall–Kier alpha value is -2.14. The highest BCUT2D eigenvalue weighted by Crippen LogP contribution is 2.28. The second kappa shape index (κ2) is 8.30. The number of pyridine rings is 1. The molecule has 1 aromatic carbocycles. The second-order valence-electron chi connectivity index (χ2n) is 4.98. The number of carbonyl (C=O) groups is 1. The molecule has 7 heteroatoms. The summed E-state index contributed by atoms with van der Waals surface area (Å²) >= 11 is 6.21. The molecule has 1 N–H and O–H groups in total. The molecule has 2 aromatic heterocycles. The van der Waals surface area contributed by atoms with Crippen LogP contribution >= 0.6 is 39.0 Å². The predicted molar refractivity (Wildman–Crippen MR) is 106 cm³/mol. The second-order valence-corrected chi connectivity index (χ2v) is 7.81. The lowest BCUT2D eigenvalue weighted by Crippen LogP contribution is -2.14. The highest BCUT2D eigenvalue weighted by atomic mass is 79.9. The van der Waals surface area contributed by atoms with E-state index in [1.54, 1.807) is 17.4 Å². The van der Waals surface area contributed by atoms with Crippen molar-refractivity contribution in [1.29, 1.82) is 5.26 Å². The normalized spacial score (nSPS) is 10.2. The summed E-state index contributed by atoms with van der Waals surface area (Å²) in [6.45, 7) is 0. The van der Waals surface area contributed by atoms with Gasteiger partial charge in [0.05, 0.1) is 21.9 Å². The van der Waals surface area contributed by atoms with Gasteiger partial charge in [0.25, 0.3) is 0 Å². The summed E-state index contributed by atoms with van der Waals surface area (Å²) in [5.74, 6) is 0.0468. The smallest absolute Gasteiger partial charge is 0.234 e. The Bertz CT molecular complexity index is 918. The minimum absolute atomic E-state index is 0.139. The van der Waals surface area contributed by atoms with Crippen LogP contribution in [0, 0.1) is 11.3 Å². The van der Waals surface area contributed by atoms with Crippen LogP contribution in [0.1, 0.15) is 5.56 Å². The zero-order valence-electron chi connectivity index (χ0n) is 12.9. The first-order valence-corrected chi connectivity index (χ1v) is 9.95. The van der Waals surface area contributed by atoms with Gasteiger partial charge in [-0.3, -0.25) is 4.79 Å². The van der Waals surface area contributed by atoms with Gasteiger partial charge in [-0.1, -0.05) is 33.8 Å². The van der Waals surface area contributed by atoms with Gasteiger partial charge in [0.15, 0.2) is 0 Å². The zero-order chi connectivity index (χ0) is 17.6. The molecule has 0 aliphatic heterocycles. The molecule has 0 bridgehead atoms. The summed E-state index contributed by atoms with van der Waals surface area (Å²) in [5, 5.41) is 14.6. The Balaban J connectivity index is 1.69. The molecule has 0 atom stereocenters. The monoisotopic (exact) mass is 429 g/mol. The third-order valence-corrected chi connectivity index (χ3v) is 5.63. The highest BCUT2D eigenvalue weighted by molar-refractivity contribution is 9.10. The van der Waals surface area contributed by atoms with Gasteiger partial charge in [0.2, 0.25) is 5.91 Å². The Morgan fingerprint density at radius 3 is 2.72 bits per heavy atom. The van der Waals surface area contributed by atoms with Crippen LogP contribution in [0.3, 0.4) is 0 Å². The van der Waals surface area contributed by atoms with Gasteiger partial charge in [-0.05, 0) is 47.8 Å². The Morgan fingerprint density at radius 2 is 2.04 bits per heavy atom. The number of thiophene rings is 1. The quantitative estimate of drug-likeness (QED) is 0.567. The van der Waals surface area contributed by atoms with Gasteiger partial charge in [0, 0.05) is 10.2 Å². The molecule has 0 radical (unpaired) electrons. The predicted octanol–water partition coefficient (Wildman–Crippen LogP) is 5.18. The fourth-order valence-corrected chi connectivity index (χ4v) is 3.79. The van der Waals surface area contributed by atoms with Crippen molar-refractivity contribution < 1.29 is 4.79 Å². The fraction of sp³-hybridized carbons (Fsp3) is 0.0556. The van der Waals surface area contributed by atoms with Crippen LogP contribution in [0.4, 0.5) is 5.69 Å². The van der Waals surface area contributed by atoms with Crippen LogP contribution in [0.2, 0.25) is 0 Å². The number of nitriles is 1. The lowest BCUT2D eigenvalue weighted by Gasteiger charge is -2.07. The van der Waals surface area contributed by atoms with Gasteiger partial charge in [-0.2, -0.15) is 5.26 Å². The highest BCUT2D eigenvalue weighted by Gasteiger charge is 2.11. The Morgan fingerprint density at radius 1 is 1.24 bits per heavy atom. The fourth-order valence-electron chi connectivity index (χ4n) is 2.06. The van der Waals surface area contributed by atoms with Crippen LogP contribution in [0.25, 0.3) is 10.6 Å². The van der Waals surface area contributed by atoms with Crippen molar-refractivity contribution in [3.63, 3.8) is 0 Å². The number of nitrogens with zero attached hydrogens (tertiary/aromatic N) is 2. The number of benzene rings is 1. The summed E-state index contributed by atoms with van der Waals surface area (Å²) in [7, 11) is 0. The lowest BCUT2D eigenvalue weighted by molar-refractivity contribution is -0.113. The van der Waals surface area contributed by atoms with E-state index in [2.05, 4.69) is 32.3 Å². The summed E-state index contributed by atoms with van der Waals surface area (Å²) in [6.07, 6.45) is 0. The van der Waals surface area contributed by atoms with Crippen molar-refractivity contribution in [3.05, 3.63) is 63.9 Å². The van der Waals surface area contributed by atoms with E-state index in [9.17, 15) is 10.1 Å². The number of amides is 1. The maximum absolute atomic E-state index is 12.1. The van der Waals surface area contributed by atoms with Crippen LogP contribution in [0.15, 0.2) is 63.4 Å². The molecule has 0 spiro atoms. The minimum atomic E-state index is -0.139. The number of hydrogen-bond donors (Lipinski definition) is 1. The van der Waals surface area contributed by atoms with E-state index < -0.39 is 0 Å². The molecule has 0 aliphatic carbocycles.